The maximum absolute atomic E-state index is 14.1. The first-order valence-electron chi connectivity index (χ1n) is 6.37. The van der Waals surface area contributed by atoms with E-state index in [0.29, 0.717) is 24.1 Å². The molecule has 1 heterocycles. The van der Waals surface area contributed by atoms with Gasteiger partial charge in [-0.15, -0.1) is 0 Å². The Morgan fingerprint density at radius 1 is 1.42 bits per heavy atom. The molecular formula is C14H18FNO3. The Labute approximate surface area is 111 Å². The van der Waals surface area contributed by atoms with Gasteiger partial charge in [0.25, 0.3) is 5.91 Å². The number of hydrogen-bond acceptors (Lipinski definition) is 3. The summed E-state index contributed by atoms with van der Waals surface area (Å²) in [5.41, 5.74) is -0.604. The van der Waals surface area contributed by atoms with Gasteiger partial charge >= 0.3 is 0 Å². The molecule has 1 saturated heterocycles. The van der Waals surface area contributed by atoms with Crippen molar-refractivity contribution in [2.45, 2.75) is 25.1 Å². The monoisotopic (exact) mass is 267 g/mol. The van der Waals surface area contributed by atoms with Crippen molar-refractivity contribution in [2.24, 2.45) is 0 Å². The Bertz CT molecular complexity index is 466. The Morgan fingerprint density at radius 3 is 2.89 bits per heavy atom. The van der Waals surface area contributed by atoms with Crippen molar-refractivity contribution in [3.8, 4) is 0 Å². The molecule has 0 aliphatic carbocycles. The molecule has 1 aromatic rings. The average Bonchev–Trinajstić information content (AvgIpc) is 2.46. The van der Waals surface area contributed by atoms with E-state index in [1.165, 1.54) is 4.90 Å². The summed E-state index contributed by atoms with van der Waals surface area (Å²) in [7, 11) is 0. The van der Waals surface area contributed by atoms with Crippen LogP contribution in [0.25, 0.3) is 0 Å². The van der Waals surface area contributed by atoms with Gasteiger partial charge in [0.1, 0.15) is 0 Å². The van der Waals surface area contributed by atoms with E-state index >= 15 is 0 Å². The minimum Gasteiger partial charge on any atom is -0.393 e. The Hall–Kier alpha value is -1.46. The molecule has 0 radical (unpaired) electrons. The number of carbonyl (C=O) groups is 1. The molecule has 19 heavy (non-hydrogen) atoms. The second kappa shape index (κ2) is 5.67. The lowest BCUT2D eigenvalue weighted by molar-refractivity contribution is 0.00173. The summed E-state index contributed by atoms with van der Waals surface area (Å²) in [6.45, 7) is -0.280. The summed E-state index contributed by atoms with van der Waals surface area (Å²) < 4.78 is 14.1. The summed E-state index contributed by atoms with van der Waals surface area (Å²) >= 11 is 0. The molecule has 1 amide bonds. The number of piperidine rings is 1. The predicted octanol–water partition coefficient (Wildman–Crippen LogP) is 1.12. The molecule has 1 atom stereocenters. The van der Waals surface area contributed by atoms with Crippen LogP contribution in [-0.2, 0) is 6.61 Å². The lowest BCUT2D eigenvalue weighted by atomic mass is 9.95. The zero-order valence-corrected chi connectivity index (χ0v) is 10.7. The number of halogens is 1. The Kier molecular flexibility index (Phi) is 4.17. The minimum atomic E-state index is -1.69. The van der Waals surface area contributed by atoms with Gasteiger partial charge in [-0.3, -0.25) is 4.79 Å². The number of rotatable bonds is 3. The number of benzene rings is 1. The molecule has 4 nitrogen and oxygen atoms in total. The highest BCUT2D eigenvalue weighted by Gasteiger charge is 2.36. The van der Waals surface area contributed by atoms with Gasteiger partial charge in [0.05, 0.1) is 19.8 Å². The fourth-order valence-electron chi connectivity index (χ4n) is 2.37. The maximum atomic E-state index is 14.1. The summed E-state index contributed by atoms with van der Waals surface area (Å²) in [6.07, 6.45) is 0.826. The lowest BCUT2D eigenvalue weighted by Gasteiger charge is -2.36. The molecule has 2 N–H and O–H groups in total. The van der Waals surface area contributed by atoms with Crippen molar-refractivity contribution in [3.05, 3.63) is 35.4 Å². The van der Waals surface area contributed by atoms with E-state index in [4.69, 9.17) is 10.2 Å². The second-order valence-electron chi connectivity index (χ2n) is 5.00. The van der Waals surface area contributed by atoms with Crippen LogP contribution in [0.1, 0.15) is 28.8 Å². The highest BCUT2D eigenvalue weighted by Crippen LogP contribution is 2.26. The van der Waals surface area contributed by atoms with Crippen molar-refractivity contribution < 1.29 is 19.4 Å². The third kappa shape index (κ3) is 3.11. The van der Waals surface area contributed by atoms with Crippen LogP contribution in [-0.4, -0.2) is 46.4 Å². The van der Waals surface area contributed by atoms with E-state index in [1.807, 2.05) is 0 Å². The van der Waals surface area contributed by atoms with Crippen molar-refractivity contribution in [2.75, 3.05) is 19.7 Å². The van der Waals surface area contributed by atoms with Gasteiger partial charge in [-0.1, -0.05) is 12.1 Å². The molecule has 104 valence electrons. The Morgan fingerprint density at radius 2 is 2.21 bits per heavy atom. The Balaban J connectivity index is 2.14. The number of likely N-dealkylation sites (tertiary alicyclic amines) is 1. The molecule has 1 fully saturated rings. The normalized spacial score (nSPS) is 23.4. The minimum absolute atomic E-state index is 0.0777. The van der Waals surface area contributed by atoms with Gasteiger partial charge in [0.2, 0.25) is 0 Å². The SMILES string of the molecule is O=C(c1cccc(CO)c1)N1CCCC(F)(CO)C1. The molecule has 0 spiro atoms. The first-order valence-corrected chi connectivity index (χ1v) is 6.37. The van der Waals surface area contributed by atoms with Crippen LogP contribution < -0.4 is 0 Å². The van der Waals surface area contributed by atoms with Gasteiger partial charge < -0.3 is 15.1 Å². The van der Waals surface area contributed by atoms with E-state index < -0.39 is 12.3 Å². The quantitative estimate of drug-likeness (QED) is 0.862. The van der Waals surface area contributed by atoms with Gasteiger partial charge in [-0.2, -0.15) is 0 Å². The summed E-state index contributed by atoms with van der Waals surface area (Å²) in [4.78, 5) is 13.7. The topological polar surface area (TPSA) is 60.8 Å². The van der Waals surface area contributed by atoms with Gasteiger partial charge in [-0.25, -0.2) is 4.39 Å². The van der Waals surface area contributed by atoms with E-state index in [-0.39, 0.29) is 25.5 Å². The summed E-state index contributed by atoms with van der Waals surface area (Å²) in [5.74, 6) is -0.259. The number of nitrogens with zero attached hydrogens (tertiary/aromatic N) is 1. The summed E-state index contributed by atoms with van der Waals surface area (Å²) in [5, 5.41) is 18.1. The van der Waals surface area contributed by atoms with E-state index in [0.717, 1.165) is 0 Å². The van der Waals surface area contributed by atoms with Gasteiger partial charge in [0.15, 0.2) is 5.67 Å². The van der Waals surface area contributed by atoms with Crippen LogP contribution in [0.15, 0.2) is 24.3 Å². The number of aliphatic hydroxyl groups excluding tert-OH is 2. The standard InChI is InChI=1S/C14H18FNO3/c15-14(10-18)5-2-6-16(9-14)13(19)12-4-1-3-11(7-12)8-17/h1,3-4,7,17-18H,2,5-6,8-10H2. The molecule has 1 aliphatic heterocycles. The highest BCUT2D eigenvalue weighted by molar-refractivity contribution is 5.94. The molecular weight excluding hydrogens is 249 g/mol. The first-order chi connectivity index (χ1) is 9.08. The molecule has 1 aliphatic rings. The smallest absolute Gasteiger partial charge is 0.253 e. The highest BCUT2D eigenvalue weighted by atomic mass is 19.1. The number of aliphatic hydroxyl groups is 2. The van der Waals surface area contributed by atoms with Crippen LogP contribution >= 0.6 is 0 Å². The van der Waals surface area contributed by atoms with Gasteiger partial charge in [-0.05, 0) is 30.5 Å². The van der Waals surface area contributed by atoms with Crippen LogP contribution in [0.4, 0.5) is 4.39 Å². The number of amides is 1. The van der Waals surface area contributed by atoms with Crippen LogP contribution in [0.3, 0.4) is 0 Å². The maximum Gasteiger partial charge on any atom is 0.253 e. The zero-order chi connectivity index (χ0) is 13.9. The first kappa shape index (κ1) is 14.0. The average molecular weight is 267 g/mol. The lowest BCUT2D eigenvalue weighted by Crippen LogP contribution is -2.49. The van der Waals surface area contributed by atoms with Crippen molar-refractivity contribution in [3.63, 3.8) is 0 Å². The van der Waals surface area contributed by atoms with E-state index in [2.05, 4.69) is 0 Å². The van der Waals surface area contributed by atoms with Gasteiger partial charge in [0, 0.05) is 12.1 Å². The van der Waals surface area contributed by atoms with Crippen molar-refractivity contribution in [1.29, 1.82) is 0 Å². The molecule has 2 rings (SSSR count). The molecule has 5 heteroatoms. The number of hydrogen-bond donors (Lipinski definition) is 2. The third-order valence-electron chi connectivity index (χ3n) is 3.45. The predicted molar refractivity (Wildman–Crippen MR) is 68.4 cm³/mol. The number of alkyl halides is 1. The van der Waals surface area contributed by atoms with Crippen LogP contribution in [0.2, 0.25) is 0 Å². The zero-order valence-electron chi connectivity index (χ0n) is 10.7. The van der Waals surface area contributed by atoms with E-state index in [9.17, 15) is 9.18 Å². The van der Waals surface area contributed by atoms with E-state index in [1.54, 1.807) is 24.3 Å². The summed E-state index contributed by atoms with van der Waals surface area (Å²) in [6, 6.07) is 6.67. The van der Waals surface area contributed by atoms with Crippen molar-refractivity contribution >= 4 is 5.91 Å². The van der Waals surface area contributed by atoms with Crippen LogP contribution in [0.5, 0.6) is 0 Å². The fourth-order valence-corrected chi connectivity index (χ4v) is 2.37. The molecule has 1 unspecified atom stereocenters. The largest absolute Gasteiger partial charge is 0.393 e. The van der Waals surface area contributed by atoms with Crippen LogP contribution in [0, 0.1) is 0 Å². The third-order valence-corrected chi connectivity index (χ3v) is 3.45. The molecule has 0 aromatic heterocycles. The fraction of sp³-hybridized carbons (Fsp3) is 0.500. The molecule has 0 bridgehead atoms. The second-order valence-corrected chi connectivity index (χ2v) is 5.00. The van der Waals surface area contributed by atoms with Crippen molar-refractivity contribution in [1.82, 2.24) is 4.90 Å². The number of carbonyl (C=O) groups excluding carboxylic acids is 1. The molecule has 0 saturated carbocycles. The molecule has 1 aromatic carbocycles.